The zero-order chi connectivity index (χ0) is 14.6. The molecule has 0 aromatic carbocycles. The van der Waals surface area contributed by atoms with Crippen LogP contribution in [0.25, 0.3) is 0 Å². The van der Waals surface area contributed by atoms with E-state index in [1.165, 1.54) is 0 Å². The maximum absolute atomic E-state index is 12.6. The molecular formula is C15H23NO4. The SMILES string of the molecule is CC1(C)[C@@]2(C(=O)NC[C@@H]3CCCO3)CC[C@]1(C)C(=O)O2. The molecule has 0 spiro atoms. The molecule has 20 heavy (non-hydrogen) atoms. The molecule has 2 aliphatic heterocycles. The minimum atomic E-state index is -1.00. The Bertz CT molecular complexity index is 455. The van der Waals surface area contributed by atoms with Gasteiger partial charge in [-0.2, -0.15) is 0 Å². The molecule has 5 nitrogen and oxygen atoms in total. The van der Waals surface area contributed by atoms with Crippen molar-refractivity contribution in [3.05, 3.63) is 0 Å². The zero-order valence-corrected chi connectivity index (χ0v) is 12.5. The molecule has 3 atom stereocenters. The lowest BCUT2D eigenvalue weighted by Gasteiger charge is -2.35. The van der Waals surface area contributed by atoms with Crippen LogP contribution >= 0.6 is 0 Å². The van der Waals surface area contributed by atoms with E-state index in [4.69, 9.17) is 9.47 Å². The Morgan fingerprint density at radius 2 is 2.10 bits per heavy atom. The summed E-state index contributed by atoms with van der Waals surface area (Å²) in [4.78, 5) is 24.8. The van der Waals surface area contributed by atoms with Gasteiger partial charge in [-0.3, -0.25) is 9.59 Å². The van der Waals surface area contributed by atoms with Gasteiger partial charge in [-0.1, -0.05) is 13.8 Å². The van der Waals surface area contributed by atoms with Crippen LogP contribution in [0.3, 0.4) is 0 Å². The molecule has 2 saturated heterocycles. The van der Waals surface area contributed by atoms with E-state index >= 15 is 0 Å². The quantitative estimate of drug-likeness (QED) is 0.794. The molecule has 1 saturated carbocycles. The Morgan fingerprint density at radius 1 is 1.35 bits per heavy atom. The molecule has 3 fully saturated rings. The number of nitrogens with one attached hydrogen (secondary N) is 1. The van der Waals surface area contributed by atoms with E-state index in [9.17, 15) is 9.59 Å². The number of rotatable bonds is 3. The number of ether oxygens (including phenoxy) is 2. The molecule has 3 rings (SSSR count). The van der Waals surface area contributed by atoms with Crippen molar-refractivity contribution in [2.24, 2.45) is 10.8 Å². The van der Waals surface area contributed by atoms with Crippen LogP contribution in [0.4, 0.5) is 0 Å². The van der Waals surface area contributed by atoms with Crippen molar-refractivity contribution >= 4 is 11.9 Å². The van der Waals surface area contributed by atoms with Gasteiger partial charge in [0.2, 0.25) is 0 Å². The molecule has 0 aromatic heterocycles. The van der Waals surface area contributed by atoms with Gasteiger partial charge >= 0.3 is 5.97 Å². The van der Waals surface area contributed by atoms with Crippen LogP contribution in [-0.2, 0) is 19.1 Å². The van der Waals surface area contributed by atoms with Gasteiger partial charge in [-0.05, 0) is 32.6 Å². The summed E-state index contributed by atoms with van der Waals surface area (Å²) in [6.45, 7) is 7.12. The molecule has 1 amide bonds. The standard InChI is InChI=1S/C15H23NO4/c1-13(2)14(3)6-7-15(13,20-12(14)18)11(17)16-9-10-5-4-8-19-10/h10H,4-9H2,1-3H3,(H,16,17)/t10-,14+,15-/m0/s1. The fraction of sp³-hybridized carbons (Fsp3) is 0.867. The predicted octanol–water partition coefficient (Wildman–Crippen LogP) is 1.40. The van der Waals surface area contributed by atoms with Crippen LogP contribution in [0.15, 0.2) is 0 Å². The molecule has 2 bridgehead atoms. The molecule has 112 valence electrons. The first-order valence-corrected chi connectivity index (χ1v) is 7.47. The molecule has 2 heterocycles. The fourth-order valence-corrected chi connectivity index (χ4v) is 3.90. The lowest BCUT2D eigenvalue weighted by molar-refractivity contribution is -0.168. The summed E-state index contributed by atoms with van der Waals surface area (Å²) < 4.78 is 11.1. The van der Waals surface area contributed by atoms with E-state index < -0.39 is 16.4 Å². The number of esters is 1. The average Bonchev–Trinajstić information content (AvgIpc) is 3.01. The highest BCUT2D eigenvalue weighted by molar-refractivity contribution is 5.96. The van der Waals surface area contributed by atoms with E-state index in [-0.39, 0.29) is 18.0 Å². The first kappa shape index (κ1) is 13.9. The Labute approximate surface area is 119 Å². The van der Waals surface area contributed by atoms with Gasteiger partial charge in [0, 0.05) is 18.6 Å². The summed E-state index contributed by atoms with van der Waals surface area (Å²) in [7, 11) is 0. The Hall–Kier alpha value is -1.10. The van der Waals surface area contributed by atoms with Crippen molar-refractivity contribution < 1.29 is 19.1 Å². The van der Waals surface area contributed by atoms with Gasteiger partial charge in [-0.25, -0.2) is 0 Å². The maximum atomic E-state index is 12.6. The van der Waals surface area contributed by atoms with Crippen molar-refractivity contribution in [3.63, 3.8) is 0 Å². The van der Waals surface area contributed by atoms with Gasteiger partial charge in [-0.15, -0.1) is 0 Å². The van der Waals surface area contributed by atoms with E-state index in [2.05, 4.69) is 5.32 Å². The summed E-state index contributed by atoms with van der Waals surface area (Å²) in [5.74, 6) is -0.395. The second kappa shape index (κ2) is 4.20. The lowest BCUT2D eigenvalue weighted by atomic mass is 9.66. The largest absolute Gasteiger partial charge is 0.448 e. The monoisotopic (exact) mass is 281 g/mol. The highest BCUT2D eigenvalue weighted by atomic mass is 16.6. The minimum Gasteiger partial charge on any atom is -0.448 e. The second-order valence-electron chi connectivity index (χ2n) is 7.02. The van der Waals surface area contributed by atoms with E-state index in [1.807, 2.05) is 20.8 Å². The molecule has 0 unspecified atom stereocenters. The summed E-state index contributed by atoms with van der Waals surface area (Å²) in [6.07, 6.45) is 3.45. The van der Waals surface area contributed by atoms with Crippen molar-refractivity contribution in [1.82, 2.24) is 5.32 Å². The molecule has 1 N–H and O–H groups in total. The number of hydrogen-bond acceptors (Lipinski definition) is 4. The molecular weight excluding hydrogens is 258 g/mol. The van der Waals surface area contributed by atoms with Gasteiger partial charge in [0.1, 0.15) is 0 Å². The maximum Gasteiger partial charge on any atom is 0.313 e. The Morgan fingerprint density at radius 3 is 2.60 bits per heavy atom. The number of carbonyl (C=O) groups excluding carboxylic acids is 2. The van der Waals surface area contributed by atoms with Gasteiger partial charge in [0.15, 0.2) is 5.60 Å². The molecule has 0 radical (unpaired) electrons. The summed E-state index contributed by atoms with van der Waals surface area (Å²) in [6, 6.07) is 0. The minimum absolute atomic E-state index is 0.100. The van der Waals surface area contributed by atoms with E-state index in [0.29, 0.717) is 19.4 Å². The van der Waals surface area contributed by atoms with Crippen molar-refractivity contribution in [1.29, 1.82) is 0 Å². The lowest BCUT2D eigenvalue weighted by Crippen LogP contribution is -2.54. The van der Waals surface area contributed by atoms with Crippen LogP contribution in [0, 0.1) is 10.8 Å². The van der Waals surface area contributed by atoms with Crippen molar-refractivity contribution in [2.75, 3.05) is 13.2 Å². The number of hydrogen-bond donors (Lipinski definition) is 1. The van der Waals surface area contributed by atoms with Gasteiger partial charge in [0.25, 0.3) is 5.91 Å². The molecule has 1 aliphatic carbocycles. The average molecular weight is 281 g/mol. The highest BCUT2D eigenvalue weighted by Crippen LogP contribution is 2.65. The Kier molecular flexibility index (Phi) is 2.91. The predicted molar refractivity (Wildman–Crippen MR) is 71.9 cm³/mol. The zero-order valence-electron chi connectivity index (χ0n) is 12.5. The topological polar surface area (TPSA) is 64.6 Å². The molecule has 5 heteroatoms. The van der Waals surface area contributed by atoms with Crippen molar-refractivity contribution in [2.45, 2.75) is 58.2 Å². The second-order valence-corrected chi connectivity index (χ2v) is 7.02. The third-order valence-corrected chi connectivity index (χ3v) is 5.96. The van der Waals surface area contributed by atoms with Crippen LogP contribution in [0.1, 0.15) is 46.5 Å². The van der Waals surface area contributed by atoms with E-state index in [0.717, 1.165) is 19.4 Å². The normalized spacial score (nSPS) is 41.8. The Balaban J connectivity index is 1.75. The third kappa shape index (κ3) is 1.53. The third-order valence-electron chi connectivity index (χ3n) is 5.96. The fourth-order valence-electron chi connectivity index (χ4n) is 3.90. The van der Waals surface area contributed by atoms with Gasteiger partial charge in [0.05, 0.1) is 11.5 Å². The number of fused-ring (bicyclic) bond motifs is 2. The van der Waals surface area contributed by atoms with Crippen LogP contribution in [0.2, 0.25) is 0 Å². The number of amides is 1. The summed E-state index contributed by atoms with van der Waals surface area (Å²) >= 11 is 0. The first-order chi connectivity index (χ1) is 9.33. The van der Waals surface area contributed by atoms with Crippen LogP contribution in [-0.4, -0.2) is 36.7 Å². The van der Waals surface area contributed by atoms with Gasteiger partial charge < -0.3 is 14.8 Å². The van der Waals surface area contributed by atoms with Crippen molar-refractivity contribution in [3.8, 4) is 0 Å². The summed E-state index contributed by atoms with van der Waals surface area (Å²) in [5.41, 5.74) is -2.02. The van der Waals surface area contributed by atoms with Crippen LogP contribution in [0.5, 0.6) is 0 Å². The highest BCUT2D eigenvalue weighted by Gasteiger charge is 2.75. The van der Waals surface area contributed by atoms with Crippen LogP contribution < -0.4 is 5.32 Å². The first-order valence-electron chi connectivity index (χ1n) is 7.47. The molecule has 0 aromatic rings. The number of carbonyl (C=O) groups is 2. The summed E-state index contributed by atoms with van der Waals surface area (Å²) in [5, 5.41) is 2.94. The van der Waals surface area contributed by atoms with E-state index in [1.54, 1.807) is 0 Å². The molecule has 3 aliphatic rings. The smallest absolute Gasteiger partial charge is 0.313 e.